The first-order valence-corrected chi connectivity index (χ1v) is 12.8. The van der Waals surface area contributed by atoms with Crippen molar-refractivity contribution in [1.29, 1.82) is 5.41 Å². The SMILES string of the molecule is CCCC.Cc1ccc(C2=CC(=C3CCC3)N3C=C(N4CCN[C@@H](C)C4)C=CC3=N2)cc1C=N. The Hall–Kier alpha value is -2.92. The second kappa shape index (κ2) is 11.0. The van der Waals surface area contributed by atoms with Gasteiger partial charge in [-0.05, 0) is 74.1 Å². The molecular formula is C29H39N5. The predicted octanol–water partition coefficient (Wildman–Crippen LogP) is 6.00. The minimum Gasteiger partial charge on any atom is -0.368 e. The lowest BCUT2D eigenvalue weighted by atomic mass is 9.88. The van der Waals surface area contributed by atoms with Gasteiger partial charge in [-0.2, -0.15) is 0 Å². The van der Waals surface area contributed by atoms with E-state index < -0.39 is 0 Å². The standard InChI is InChI=1S/C25H29N5.C4H10/c1-17-6-7-20(12-21(17)14-26)23-13-24(19-4-3-5-19)30-16-22(8-9-25(30)28-23)29-11-10-27-18(2)15-29;1-3-4-2/h6-9,12-14,16,18,26-27H,3-5,10-11,15H2,1-2H3;3-4H2,1-2H3/t18-;/m0./s1. The number of benzene rings is 1. The highest BCUT2D eigenvalue weighted by atomic mass is 15.3. The summed E-state index contributed by atoms with van der Waals surface area (Å²) in [6.45, 7) is 11.7. The number of hydrogen-bond donors (Lipinski definition) is 2. The molecule has 1 saturated carbocycles. The zero-order valence-electron chi connectivity index (χ0n) is 21.2. The van der Waals surface area contributed by atoms with E-state index in [1.54, 1.807) is 0 Å². The molecule has 1 aliphatic carbocycles. The van der Waals surface area contributed by atoms with Crippen LogP contribution in [-0.2, 0) is 0 Å². The molecule has 1 aromatic rings. The summed E-state index contributed by atoms with van der Waals surface area (Å²) in [4.78, 5) is 9.75. The molecule has 34 heavy (non-hydrogen) atoms. The number of piperazine rings is 1. The molecule has 0 radical (unpaired) electrons. The van der Waals surface area contributed by atoms with Crippen molar-refractivity contribution < 1.29 is 0 Å². The fourth-order valence-electron chi connectivity index (χ4n) is 4.46. The van der Waals surface area contributed by atoms with Crippen molar-refractivity contribution in [1.82, 2.24) is 15.1 Å². The lowest BCUT2D eigenvalue weighted by molar-refractivity contribution is 0.259. The van der Waals surface area contributed by atoms with Crippen LogP contribution < -0.4 is 5.32 Å². The molecule has 0 bridgehead atoms. The molecule has 0 aromatic heterocycles. The van der Waals surface area contributed by atoms with Gasteiger partial charge in [0.25, 0.3) is 0 Å². The van der Waals surface area contributed by atoms with Gasteiger partial charge in [-0.15, -0.1) is 0 Å². The maximum atomic E-state index is 7.70. The molecule has 3 heterocycles. The van der Waals surface area contributed by atoms with Crippen LogP contribution in [0.4, 0.5) is 0 Å². The van der Waals surface area contributed by atoms with E-state index in [2.05, 4.69) is 78.5 Å². The van der Waals surface area contributed by atoms with Crippen LogP contribution in [-0.4, -0.2) is 47.5 Å². The molecule has 1 aromatic carbocycles. The van der Waals surface area contributed by atoms with Gasteiger partial charge in [-0.25, -0.2) is 4.99 Å². The van der Waals surface area contributed by atoms with E-state index in [4.69, 9.17) is 10.4 Å². The first-order chi connectivity index (χ1) is 16.5. The van der Waals surface area contributed by atoms with Crippen LogP contribution in [0.1, 0.15) is 69.6 Å². The highest BCUT2D eigenvalue weighted by molar-refractivity contribution is 6.02. The van der Waals surface area contributed by atoms with E-state index >= 15 is 0 Å². The predicted molar refractivity (Wildman–Crippen MR) is 144 cm³/mol. The smallest absolute Gasteiger partial charge is 0.137 e. The first-order valence-electron chi connectivity index (χ1n) is 12.8. The average molecular weight is 458 g/mol. The zero-order valence-corrected chi connectivity index (χ0v) is 21.2. The Labute approximate surface area is 205 Å². The van der Waals surface area contributed by atoms with Crippen molar-refractivity contribution in [3.63, 3.8) is 0 Å². The average Bonchev–Trinajstić information content (AvgIpc) is 2.83. The van der Waals surface area contributed by atoms with E-state index in [0.717, 1.165) is 47.9 Å². The van der Waals surface area contributed by atoms with Gasteiger partial charge in [0.05, 0.1) is 11.4 Å². The Morgan fingerprint density at radius 1 is 1.18 bits per heavy atom. The van der Waals surface area contributed by atoms with Crippen LogP contribution in [0.3, 0.4) is 0 Å². The van der Waals surface area contributed by atoms with Gasteiger partial charge in [0, 0.05) is 49.4 Å². The molecule has 0 amide bonds. The third kappa shape index (κ3) is 5.25. The van der Waals surface area contributed by atoms with E-state index in [1.165, 1.54) is 55.3 Å². The number of nitrogens with zero attached hydrogens (tertiary/aromatic N) is 3. The van der Waals surface area contributed by atoms with Gasteiger partial charge in [0.2, 0.25) is 0 Å². The van der Waals surface area contributed by atoms with E-state index in [-0.39, 0.29) is 0 Å². The van der Waals surface area contributed by atoms with Crippen LogP contribution in [0, 0.1) is 12.3 Å². The number of allylic oxidation sites excluding steroid dienone is 3. The Balaban J connectivity index is 0.000000636. The third-order valence-electron chi connectivity index (χ3n) is 6.96. The fraction of sp³-hybridized carbons (Fsp3) is 0.448. The largest absolute Gasteiger partial charge is 0.368 e. The molecule has 5 heteroatoms. The number of aryl methyl sites for hydroxylation is 1. The summed E-state index contributed by atoms with van der Waals surface area (Å²) in [6.07, 6.45) is 16.5. The third-order valence-corrected chi connectivity index (χ3v) is 6.96. The molecular weight excluding hydrogens is 418 g/mol. The quantitative estimate of drug-likeness (QED) is 0.546. The molecule has 180 valence electrons. The fourth-order valence-corrected chi connectivity index (χ4v) is 4.46. The molecule has 3 aliphatic heterocycles. The molecule has 0 unspecified atom stereocenters. The molecule has 2 N–H and O–H groups in total. The molecule has 1 saturated heterocycles. The van der Waals surface area contributed by atoms with Gasteiger partial charge in [-0.1, -0.05) is 38.8 Å². The summed E-state index contributed by atoms with van der Waals surface area (Å²) in [6, 6.07) is 6.78. The monoisotopic (exact) mass is 457 g/mol. The van der Waals surface area contributed by atoms with Crippen LogP contribution in [0.2, 0.25) is 0 Å². The molecule has 5 nitrogen and oxygen atoms in total. The Morgan fingerprint density at radius 2 is 1.97 bits per heavy atom. The highest BCUT2D eigenvalue weighted by Gasteiger charge is 2.28. The normalized spacial score (nSPS) is 21.5. The number of fused-ring (bicyclic) bond motifs is 1. The van der Waals surface area contributed by atoms with Crippen LogP contribution in [0.5, 0.6) is 0 Å². The minimum absolute atomic E-state index is 0.505. The van der Waals surface area contributed by atoms with Gasteiger partial charge in [0.15, 0.2) is 0 Å². The molecule has 4 aliphatic rings. The van der Waals surface area contributed by atoms with Crippen molar-refractivity contribution in [2.24, 2.45) is 4.99 Å². The van der Waals surface area contributed by atoms with Crippen molar-refractivity contribution in [3.05, 3.63) is 76.3 Å². The summed E-state index contributed by atoms with van der Waals surface area (Å²) < 4.78 is 0. The van der Waals surface area contributed by atoms with Crippen LogP contribution >= 0.6 is 0 Å². The molecule has 5 rings (SSSR count). The highest BCUT2D eigenvalue weighted by Crippen LogP contribution is 2.37. The van der Waals surface area contributed by atoms with Gasteiger partial charge >= 0.3 is 0 Å². The molecule has 0 spiro atoms. The van der Waals surface area contributed by atoms with Crippen molar-refractivity contribution >= 4 is 17.7 Å². The van der Waals surface area contributed by atoms with Gasteiger partial charge in [0.1, 0.15) is 5.84 Å². The lowest BCUT2D eigenvalue weighted by Gasteiger charge is -2.38. The van der Waals surface area contributed by atoms with E-state index in [0.29, 0.717) is 6.04 Å². The number of nitrogens with one attached hydrogen (secondary N) is 2. The van der Waals surface area contributed by atoms with Crippen LogP contribution in [0.15, 0.2) is 64.6 Å². The topological polar surface area (TPSA) is 54.7 Å². The summed E-state index contributed by atoms with van der Waals surface area (Å²) in [5, 5.41) is 11.2. The van der Waals surface area contributed by atoms with Crippen molar-refractivity contribution in [2.75, 3.05) is 19.6 Å². The second-order valence-electron chi connectivity index (χ2n) is 9.62. The maximum absolute atomic E-state index is 7.70. The first kappa shape index (κ1) is 24.2. The molecule has 1 atom stereocenters. The van der Waals surface area contributed by atoms with Crippen molar-refractivity contribution in [3.8, 4) is 0 Å². The minimum atomic E-state index is 0.505. The lowest BCUT2D eigenvalue weighted by Crippen LogP contribution is -2.49. The Bertz CT molecular complexity index is 1060. The van der Waals surface area contributed by atoms with Gasteiger partial charge < -0.3 is 15.6 Å². The summed E-state index contributed by atoms with van der Waals surface area (Å²) in [5.41, 5.74) is 8.18. The Kier molecular flexibility index (Phi) is 7.84. The van der Waals surface area contributed by atoms with Crippen LogP contribution in [0.25, 0.3) is 5.70 Å². The zero-order chi connectivity index (χ0) is 24.1. The summed E-state index contributed by atoms with van der Waals surface area (Å²) >= 11 is 0. The number of amidine groups is 1. The number of unbranched alkanes of at least 4 members (excludes halogenated alkanes) is 1. The van der Waals surface area contributed by atoms with Gasteiger partial charge in [-0.3, -0.25) is 4.90 Å². The number of aliphatic imine (C=N–C) groups is 1. The Morgan fingerprint density at radius 3 is 2.62 bits per heavy atom. The maximum Gasteiger partial charge on any atom is 0.137 e. The summed E-state index contributed by atoms with van der Waals surface area (Å²) in [5.74, 6) is 0.978. The number of rotatable bonds is 4. The van der Waals surface area contributed by atoms with E-state index in [9.17, 15) is 0 Å². The molecule has 2 fully saturated rings. The van der Waals surface area contributed by atoms with E-state index in [1.807, 2.05) is 6.92 Å². The second-order valence-corrected chi connectivity index (χ2v) is 9.62. The summed E-state index contributed by atoms with van der Waals surface area (Å²) in [7, 11) is 0. The number of hydrogen-bond acceptors (Lipinski definition) is 5. The van der Waals surface area contributed by atoms with Crippen molar-refractivity contribution in [2.45, 2.75) is 65.8 Å².